The molecule has 2 aromatic carbocycles. The van der Waals surface area contributed by atoms with Gasteiger partial charge in [0.25, 0.3) is 10.0 Å². The molecule has 156 valence electrons. The Balaban J connectivity index is 1.45. The number of nitrogens with one attached hydrogen (secondary N) is 1. The van der Waals surface area contributed by atoms with Crippen LogP contribution in [0.15, 0.2) is 62.7 Å². The minimum absolute atomic E-state index is 0.00183. The van der Waals surface area contributed by atoms with Crippen molar-refractivity contribution in [3.63, 3.8) is 0 Å². The molecule has 2 aromatic rings. The van der Waals surface area contributed by atoms with Crippen LogP contribution in [0.4, 0.5) is 5.69 Å². The van der Waals surface area contributed by atoms with Gasteiger partial charge >= 0.3 is 0 Å². The number of anilines is 1. The molecule has 0 aliphatic carbocycles. The number of sulfonamides is 2. The van der Waals surface area contributed by atoms with Gasteiger partial charge in [0.2, 0.25) is 10.0 Å². The van der Waals surface area contributed by atoms with Crippen molar-refractivity contribution in [3.05, 3.63) is 54.1 Å². The zero-order valence-electron chi connectivity index (χ0n) is 15.9. The van der Waals surface area contributed by atoms with Crippen LogP contribution in [0, 0.1) is 11.3 Å². The molecule has 0 spiro atoms. The molecule has 1 N–H and O–H groups in total. The number of nitrogens with zero attached hydrogens (tertiary/aromatic N) is 4. The molecule has 0 bridgehead atoms. The average Bonchev–Trinajstić information content (AvgIpc) is 2.73. The van der Waals surface area contributed by atoms with E-state index < -0.39 is 20.0 Å². The Labute approximate surface area is 175 Å². The average molecular weight is 446 g/mol. The van der Waals surface area contributed by atoms with Gasteiger partial charge in [0.05, 0.1) is 22.7 Å². The van der Waals surface area contributed by atoms with Crippen LogP contribution in [0.1, 0.15) is 5.56 Å². The number of nitriles is 1. The first-order chi connectivity index (χ1) is 14.3. The van der Waals surface area contributed by atoms with Crippen molar-refractivity contribution in [1.82, 2.24) is 9.21 Å². The van der Waals surface area contributed by atoms with E-state index >= 15 is 0 Å². The zero-order valence-corrected chi connectivity index (χ0v) is 17.5. The minimum atomic E-state index is -3.78. The molecule has 0 unspecified atom stereocenters. The summed E-state index contributed by atoms with van der Waals surface area (Å²) in [6.07, 6.45) is 0. The van der Waals surface area contributed by atoms with E-state index in [0.29, 0.717) is 24.6 Å². The Kier molecular flexibility index (Phi) is 5.33. The Bertz CT molecular complexity index is 1260. The molecule has 1 saturated heterocycles. The SMILES string of the molecule is N#Cc1ccccc1S(=O)(=O)N1CCN(CC2=NS(=O)(=O)c3ccccc3N2)CC1. The minimum Gasteiger partial charge on any atom is -0.341 e. The van der Waals surface area contributed by atoms with Gasteiger partial charge in [-0.15, -0.1) is 4.40 Å². The normalized spacial score (nSPS) is 19.2. The van der Waals surface area contributed by atoms with Crippen LogP contribution in [0.5, 0.6) is 0 Å². The Morgan fingerprint density at radius 2 is 1.70 bits per heavy atom. The third-order valence-corrected chi connectivity index (χ3v) is 8.33. The van der Waals surface area contributed by atoms with E-state index in [9.17, 15) is 22.1 Å². The van der Waals surface area contributed by atoms with Crippen molar-refractivity contribution in [2.75, 3.05) is 38.0 Å². The first-order valence-electron chi connectivity index (χ1n) is 9.23. The molecule has 0 amide bonds. The third-order valence-electron chi connectivity index (χ3n) is 5.00. The summed E-state index contributed by atoms with van der Waals surface area (Å²) < 4.78 is 55.8. The smallest absolute Gasteiger partial charge is 0.286 e. The van der Waals surface area contributed by atoms with E-state index in [0.717, 1.165) is 0 Å². The second-order valence-electron chi connectivity index (χ2n) is 6.92. The number of hydrogen-bond acceptors (Lipinski definition) is 7. The number of rotatable bonds is 4. The van der Waals surface area contributed by atoms with Crippen molar-refractivity contribution < 1.29 is 16.8 Å². The summed E-state index contributed by atoms with van der Waals surface area (Å²) in [6.45, 7) is 1.56. The molecule has 0 atom stereocenters. The molecule has 0 radical (unpaired) electrons. The molecular formula is C19H19N5O4S2. The molecule has 2 aliphatic heterocycles. The predicted octanol–water partition coefficient (Wildman–Crippen LogP) is 1.08. The maximum Gasteiger partial charge on any atom is 0.286 e. The van der Waals surface area contributed by atoms with Crippen LogP contribution >= 0.6 is 0 Å². The van der Waals surface area contributed by atoms with Gasteiger partial charge in [-0.25, -0.2) is 8.42 Å². The lowest BCUT2D eigenvalue weighted by atomic mass is 10.2. The summed E-state index contributed by atoms with van der Waals surface area (Å²) in [6, 6.07) is 14.6. The maximum absolute atomic E-state index is 12.9. The van der Waals surface area contributed by atoms with Crippen molar-refractivity contribution in [3.8, 4) is 6.07 Å². The highest BCUT2D eigenvalue weighted by atomic mass is 32.2. The fourth-order valence-corrected chi connectivity index (χ4v) is 6.20. The summed E-state index contributed by atoms with van der Waals surface area (Å²) in [4.78, 5) is 2.08. The lowest BCUT2D eigenvalue weighted by Crippen LogP contribution is -2.50. The van der Waals surface area contributed by atoms with Gasteiger partial charge in [-0.05, 0) is 24.3 Å². The second kappa shape index (κ2) is 7.81. The monoisotopic (exact) mass is 445 g/mol. The first-order valence-corrected chi connectivity index (χ1v) is 12.1. The van der Waals surface area contributed by atoms with Gasteiger partial charge in [-0.2, -0.15) is 18.0 Å². The molecule has 2 heterocycles. The number of hydrogen-bond donors (Lipinski definition) is 1. The molecule has 4 rings (SSSR count). The maximum atomic E-state index is 12.9. The van der Waals surface area contributed by atoms with Crippen LogP contribution < -0.4 is 5.32 Å². The zero-order chi connectivity index (χ0) is 21.4. The largest absolute Gasteiger partial charge is 0.341 e. The number of fused-ring (bicyclic) bond motifs is 1. The molecule has 2 aliphatic rings. The summed E-state index contributed by atoms with van der Waals surface area (Å²) in [5.74, 6) is 0.305. The van der Waals surface area contributed by atoms with Crippen LogP contribution in [0.2, 0.25) is 0 Å². The van der Waals surface area contributed by atoms with Crippen molar-refractivity contribution in [2.45, 2.75) is 9.79 Å². The van der Waals surface area contributed by atoms with Gasteiger partial charge in [0.1, 0.15) is 16.8 Å². The highest BCUT2D eigenvalue weighted by Gasteiger charge is 2.31. The summed E-state index contributed by atoms with van der Waals surface area (Å²) >= 11 is 0. The number of benzene rings is 2. The van der Waals surface area contributed by atoms with Gasteiger partial charge < -0.3 is 5.32 Å². The highest BCUT2D eigenvalue weighted by molar-refractivity contribution is 7.90. The van der Waals surface area contributed by atoms with Crippen LogP contribution in [-0.2, 0) is 20.0 Å². The van der Waals surface area contributed by atoms with E-state index in [1.807, 2.05) is 11.0 Å². The standard InChI is InChI=1S/C19H19N5O4S2/c20-13-15-5-1-3-7-17(15)30(27,28)24-11-9-23(10-12-24)14-19-21-16-6-2-4-8-18(16)29(25,26)22-19/h1-8H,9-12,14H2,(H,21,22). The molecule has 30 heavy (non-hydrogen) atoms. The molecule has 1 fully saturated rings. The van der Waals surface area contributed by atoms with Crippen molar-refractivity contribution in [2.24, 2.45) is 4.40 Å². The van der Waals surface area contributed by atoms with Crippen LogP contribution in [0.25, 0.3) is 0 Å². The van der Waals surface area contributed by atoms with Crippen LogP contribution in [0.3, 0.4) is 0 Å². The summed E-state index contributed by atoms with van der Waals surface area (Å²) in [5, 5.41) is 12.2. The molecular weight excluding hydrogens is 426 g/mol. The van der Waals surface area contributed by atoms with Gasteiger partial charge in [-0.3, -0.25) is 4.90 Å². The number of piperazine rings is 1. The molecule has 0 saturated carbocycles. The van der Waals surface area contributed by atoms with Gasteiger partial charge in [0.15, 0.2) is 0 Å². The second-order valence-corrected chi connectivity index (χ2v) is 10.4. The quantitative estimate of drug-likeness (QED) is 0.747. The van der Waals surface area contributed by atoms with Gasteiger partial charge in [0, 0.05) is 26.2 Å². The summed E-state index contributed by atoms with van der Waals surface area (Å²) in [7, 11) is -7.54. The highest BCUT2D eigenvalue weighted by Crippen LogP contribution is 2.27. The van der Waals surface area contributed by atoms with E-state index in [4.69, 9.17) is 0 Å². The Morgan fingerprint density at radius 1 is 1.03 bits per heavy atom. The summed E-state index contributed by atoms with van der Waals surface area (Å²) in [5.41, 5.74) is 0.599. The van der Waals surface area contributed by atoms with Crippen molar-refractivity contribution in [1.29, 1.82) is 5.26 Å². The molecule has 11 heteroatoms. The van der Waals surface area contributed by atoms with Crippen LogP contribution in [-0.4, -0.2) is 64.6 Å². The predicted molar refractivity (Wildman–Crippen MR) is 111 cm³/mol. The Morgan fingerprint density at radius 3 is 2.43 bits per heavy atom. The van der Waals surface area contributed by atoms with E-state index in [-0.39, 0.29) is 35.0 Å². The van der Waals surface area contributed by atoms with Gasteiger partial charge in [-0.1, -0.05) is 24.3 Å². The number of amidine groups is 1. The fourth-order valence-electron chi connectivity index (χ4n) is 3.50. The molecule has 0 aromatic heterocycles. The van der Waals surface area contributed by atoms with E-state index in [1.54, 1.807) is 30.3 Å². The van der Waals surface area contributed by atoms with E-state index in [2.05, 4.69) is 9.71 Å². The lowest BCUT2D eigenvalue weighted by molar-refractivity contribution is 0.209. The number of para-hydroxylation sites is 1. The third kappa shape index (κ3) is 3.82. The van der Waals surface area contributed by atoms with Crippen molar-refractivity contribution >= 4 is 31.6 Å². The topological polar surface area (TPSA) is 123 Å². The molecule has 9 nitrogen and oxygen atoms in total. The van der Waals surface area contributed by atoms with E-state index in [1.165, 1.54) is 22.5 Å². The lowest BCUT2D eigenvalue weighted by Gasteiger charge is -2.34. The first kappa shape index (κ1) is 20.5. The fraction of sp³-hybridized carbons (Fsp3) is 0.263. The Hall–Kier alpha value is -2.78.